The highest BCUT2D eigenvalue weighted by molar-refractivity contribution is 9.09. The van der Waals surface area contributed by atoms with Gasteiger partial charge < -0.3 is 5.32 Å². The van der Waals surface area contributed by atoms with Crippen LogP contribution in [0.25, 0.3) is 0 Å². The maximum Gasteiger partial charge on any atom is 0.127 e. The van der Waals surface area contributed by atoms with E-state index in [4.69, 9.17) is 0 Å². The molecule has 1 heterocycles. The molecule has 1 aromatic carbocycles. The summed E-state index contributed by atoms with van der Waals surface area (Å²) in [6.45, 7) is 0. The minimum atomic E-state index is -0.0703. The maximum atomic E-state index is 13.7. The van der Waals surface area contributed by atoms with Gasteiger partial charge in [-0.1, -0.05) is 34.1 Å². The van der Waals surface area contributed by atoms with Crippen molar-refractivity contribution in [1.82, 2.24) is 5.32 Å². The van der Waals surface area contributed by atoms with Gasteiger partial charge in [-0.15, -0.1) is 0 Å². The molecule has 2 aliphatic rings. The molecular formula is C14H17BrFN. The van der Waals surface area contributed by atoms with E-state index < -0.39 is 0 Å². The van der Waals surface area contributed by atoms with Gasteiger partial charge in [-0.05, 0) is 37.7 Å². The SMILES string of the molecule is Fc1ccccc1C1CC2CC(Br)CCC2N1. The van der Waals surface area contributed by atoms with Gasteiger partial charge in [0.05, 0.1) is 0 Å². The van der Waals surface area contributed by atoms with Crippen LogP contribution in [-0.4, -0.2) is 10.9 Å². The summed E-state index contributed by atoms with van der Waals surface area (Å²) in [6.07, 6.45) is 4.75. The second kappa shape index (κ2) is 4.69. The van der Waals surface area contributed by atoms with Crippen molar-refractivity contribution in [2.24, 2.45) is 5.92 Å². The van der Waals surface area contributed by atoms with Crippen molar-refractivity contribution in [2.75, 3.05) is 0 Å². The summed E-state index contributed by atoms with van der Waals surface area (Å²) < 4.78 is 13.7. The van der Waals surface area contributed by atoms with Crippen LogP contribution < -0.4 is 5.32 Å². The van der Waals surface area contributed by atoms with E-state index in [2.05, 4.69) is 21.2 Å². The van der Waals surface area contributed by atoms with E-state index in [9.17, 15) is 4.39 Å². The van der Waals surface area contributed by atoms with Gasteiger partial charge in [0, 0.05) is 22.5 Å². The average Bonchev–Trinajstić information content (AvgIpc) is 2.72. The molecular weight excluding hydrogens is 281 g/mol. The van der Waals surface area contributed by atoms with Gasteiger partial charge in [-0.2, -0.15) is 0 Å². The molecule has 0 spiro atoms. The predicted molar refractivity (Wildman–Crippen MR) is 70.7 cm³/mol. The predicted octanol–water partition coefficient (Wildman–Crippen LogP) is 3.79. The third-order valence-electron chi connectivity index (χ3n) is 4.15. The molecule has 0 aromatic heterocycles. The number of halogens is 2. The van der Waals surface area contributed by atoms with E-state index in [0.717, 1.165) is 12.0 Å². The van der Waals surface area contributed by atoms with Gasteiger partial charge in [0.1, 0.15) is 5.82 Å². The first kappa shape index (κ1) is 11.7. The molecule has 0 radical (unpaired) electrons. The van der Waals surface area contributed by atoms with E-state index >= 15 is 0 Å². The van der Waals surface area contributed by atoms with Gasteiger partial charge in [0.25, 0.3) is 0 Å². The lowest BCUT2D eigenvalue weighted by atomic mass is 9.84. The van der Waals surface area contributed by atoms with Gasteiger partial charge in [-0.25, -0.2) is 4.39 Å². The number of alkyl halides is 1. The average molecular weight is 298 g/mol. The molecule has 1 aliphatic heterocycles. The molecule has 1 aliphatic carbocycles. The van der Waals surface area contributed by atoms with Crippen LogP contribution in [0.4, 0.5) is 4.39 Å². The van der Waals surface area contributed by atoms with Gasteiger partial charge in [0.15, 0.2) is 0 Å². The molecule has 0 bridgehead atoms. The first-order chi connectivity index (χ1) is 8.24. The van der Waals surface area contributed by atoms with Crippen LogP contribution in [0.1, 0.15) is 37.3 Å². The number of rotatable bonds is 1. The first-order valence-corrected chi connectivity index (χ1v) is 7.30. The Morgan fingerprint density at radius 1 is 1.18 bits per heavy atom. The summed E-state index contributed by atoms with van der Waals surface area (Å²) in [4.78, 5) is 0.657. The maximum absolute atomic E-state index is 13.7. The third kappa shape index (κ3) is 2.27. The van der Waals surface area contributed by atoms with Crippen molar-refractivity contribution in [3.63, 3.8) is 0 Å². The Morgan fingerprint density at radius 3 is 2.82 bits per heavy atom. The van der Waals surface area contributed by atoms with Crippen LogP contribution in [0.15, 0.2) is 24.3 Å². The Hall–Kier alpha value is -0.410. The van der Waals surface area contributed by atoms with E-state index in [0.29, 0.717) is 16.8 Å². The molecule has 92 valence electrons. The van der Waals surface area contributed by atoms with E-state index in [1.807, 2.05) is 12.1 Å². The summed E-state index contributed by atoms with van der Waals surface area (Å²) >= 11 is 3.71. The Kier molecular flexibility index (Phi) is 3.22. The van der Waals surface area contributed by atoms with E-state index in [1.165, 1.54) is 19.3 Å². The van der Waals surface area contributed by atoms with Crippen LogP contribution in [0.3, 0.4) is 0 Å². The van der Waals surface area contributed by atoms with Crippen molar-refractivity contribution in [2.45, 2.75) is 42.6 Å². The summed E-state index contributed by atoms with van der Waals surface area (Å²) in [7, 11) is 0. The first-order valence-electron chi connectivity index (χ1n) is 6.38. The zero-order valence-corrected chi connectivity index (χ0v) is 11.3. The van der Waals surface area contributed by atoms with Crippen LogP contribution in [0.2, 0.25) is 0 Å². The van der Waals surface area contributed by atoms with Crippen LogP contribution in [0.5, 0.6) is 0 Å². The molecule has 4 unspecified atom stereocenters. The fourth-order valence-electron chi connectivity index (χ4n) is 3.29. The minimum absolute atomic E-state index is 0.0703. The molecule has 1 saturated carbocycles. The molecule has 4 atom stereocenters. The topological polar surface area (TPSA) is 12.0 Å². The highest BCUT2D eigenvalue weighted by Gasteiger charge is 2.38. The Labute approximate surface area is 110 Å². The second-order valence-corrected chi connectivity index (χ2v) is 6.55. The fraction of sp³-hybridized carbons (Fsp3) is 0.571. The van der Waals surface area contributed by atoms with Crippen molar-refractivity contribution < 1.29 is 4.39 Å². The van der Waals surface area contributed by atoms with E-state index in [1.54, 1.807) is 12.1 Å². The van der Waals surface area contributed by atoms with Crippen molar-refractivity contribution in [1.29, 1.82) is 0 Å². The van der Waals surface area contributed by atoms with Gasteiger partial charge >= 0.3 is 0 Å². The van der Waals surface area contributed by atoms with Crippen LogP contribution in [0, 0.1) is 11.7 Å². The Morgan fingerprint density at radius 2 is 2.00 bits per heavy atom. The molecule has 1 saturated heterocycles. The lowest BCUT2D eigenvalue weighted by Gasteiger charge is -2.28. The lowest BCUT2D eigenvalue weighted by Crippen LogP contribution is -2.33. The summed E-state index contributed by atoms with van der Waals surface area (Å²) in [6, 6.07) is 7.96. The minimum Gasteiger partial charge on any atom is -0.307 e. The molecule has 0 amide bonds. The molecule has 17 heavy (non-hydrogen) atoms. The molecule has 2 fully saturated rings. The molecule has 1 nitrogen and oxygen atoms in total. The monoisotopic (exact) mass is 297 g/mol. The quantitative estimate of drug-likeness (QED) is 0.778. The number of hydrogen-bond acceptors (Lipinski definition) is 1. The number of benzene rings is 1. The summed E-state index contributed by atoms with van der Waals surface area (Å²) in [5.41, 5.74) is 0.841. The zero-order chi connectivity index (χ0) is 11.8. The van der Waals surface area contributed by atoms with Crippen LogP contribution in [-0.2, 0) is 0 Å². The van der Waals surface area contributed by atoms with Crippen molar-refractivity contribution in [3.05, 3.63) is 35.6 Å². The number of fused-ring (bicyclic) bond motifs is 1. The van der Waals surface area contributed by atoms with Gasteiger partial charge in [0.2, 0.25) is 0 Å². The molecule has 3 heteroatoms. The Bertz CT molecular complexity index is 409. The molecule has 1 aromatic rings. The normalized spacial score (nSPS) is 36.8. The molecule has 1 N–H and O–H groups in total. The lowest BCUT2D eigenvalue weighted by molar-refractivity contribution is 0.335. The van der Waals surface area contributed by atoms with Crippen molar-refractivity contribution in [3.8, 4) is 0 Å². The third-order valence-corrected chi connectivity index (χ3v) is 4.98. The van der Waals surface area contributed by atoms with Crippen LogP contribution >= 0.6 is 15.9 Å². The number of nitrogens with one attached hydrogen (secondary N) is 1. The summed E-state index contributed by atoms with van der Waals surface area (Å²) in [5.74, 6) is 0.636. The highest BCUT2D eigenvalue weighted by Crippen LogP contribution is 2.41. The second-order valence-electron chi connectivity index (χ2n) is 5.25. The van der Waals surface area contributed by atoms with Crippen molar-refractivity contribution >= 4 is 15.9 Å². The standard InChI is InChI=1S/C14H17BrFN/c15-10-5-6-13-9(7-10)8-14(17-13)11-3-1-2-4-12(11)16/h1-4,9-10,13-14,17H,5-8H2. The highest BCUT2D eigenvalue weighted by atomic mass is 79.9. The Balaban J connectivity index is 1.78. The van der Waals surface area contributed by atoms with E-state index in [-0.39, 0.29) is 11.9 Å². The number of hydrogen-bond donors (Lipinski definition) is 1. The fourth-order valence-corrected chi connectivity index (χ4v) is 4.03. The smallest absolute Gasteiger partial charge is 0.127 e. The summed E-state index contributed by atoms with van der Waals surface area (Å²) in [5, 5.41) is 3.61. The van der Waals surface area contributed by atoms with Gasteiger partial charge in [-0.3, -0.25) is 0 Å². The zero-order valence-electron chi connectivity index (χ0n) is 9.70. The largest absolute Gasteiger partial charge is 0.307 e. The molecule has 3 rings (SSSR count).